The monoisotopic (exact) mass is 147 g/mol. The summed E-state index contributed by atoms with van der Waals surface area (Å²) in [5.74, 6) is 0. The molecule has 1 rings (SSSR count). The molecule has 1 aliphatic heterocycles. The molecule has 1 saturated heterocycles. The first-order valence-electron chi connectivity index (χ1n) is 3.04. The van der Waals surface area contributed by atoms with E-state index in [1.165, 1.54) is 0 Å². The predicted molar refractivity (Wildman–Crippen MR) is 32.2 cm³/mol. The second-order valence-electron chi connectivity index (χ2n) is 2.26. The highest BCUT2D eigenvalue weighted by Crippen LogP contribution is 2.14. The van der Waals surface area contributed by atoms with Gasteiger partial charge in [0.25, 0.3) is 0 Å². The van der Waals surface area contributed by atoms with Crippen LogP contribution in [0.2, 0.25) is 0 Å². The molecule has 0 radical (unpaired) electrons. The molecule has 10 heavy (non-hydrogen) atoms. The van der Waals surface area contributed by atoms with E-state index in [1.54, 1.807) is 0 Å². The summed E-state index contributed by atoms with van der Waals surface area (Å²) in [6.45, 7) is -0.0163. The molecule has 3 unspecified atom stereocenters. The van der Waals surface area contributed by atoms with E-state index in [0.717, 1.165) is 0 Å². The molecule has 1 heterocycles. The molecule has 5 heteroatoms. The minimum absolute atomic E-state index is 0.0163. The van der Waals surface area contributed by atoms with E-state index >= 15 is 0 Å². The van der Waals surface area contributed by atoms with E-state index < -0.39 is 18.4 Å². The smallest absolute Gasteiger partial charge is 0.156 e. The number of hydrogen-bond acceptors (Lipinski definition) is 5. The van der Waals surface area contributed by atoms with Crippen molar-refractivity contribution < 1.29 is 14.9 Å². The fourth-order valence-corrected chi connectivity index (χ4v) is 0.866. The van der Waals surface area contributed by atoms with Gasteiger partial charge in [-0.1, -0.05) is 5.18 Å². The summed E-state index contributed by atoms with van der Waals surface area (Å²) in [5.41, 5.74) is 0. The molecule has 0 aromatic carbocycles. The summed E-state index contributed by atoms with van der Waals surface area (Å²) < 4.78 is 4.63. The first-order chi connectivity index (χ1) is 4.74. The Bertz CT molecular complexity index is 129. The Kier molecular flexibility index (Phi) is 2.31. The third-order valence-electron chi connectivity index (χ3n) is 1.48. The number of hydrogen-bond donors (Lipinski definition) is 2. The topological polar surface area (TPSA) is 79.1 Å². The Morgan fingerprint density at radius 3 is 2.70 bits per heavy atom. The van der Waals surface area contributed by atoms with Gasteiger partial charge >= 0.3 is 0 Å². The second-order valence-corrected chi connectivity index (χ2v) is 2.26. The maximum atomic E-state index is 9.94. The van der Waals surface area contributed by atoms with Gasteiger partial charge in [0.1, 0.15) is 12.1 Å². The standard InChI is InChI=1S/C5H9NO4/c7-4-2-10-5(8)1-3(4)6-9/h3-5,7-8H,1-2H2. The van der Waals surface area contributed by atoms with Crippen molar-refractivity contribution in [2.75, 3.05) is 6.61 Å². The zero-order valence-corrected chi connectivity index (χ0v) is 5.30. The zero-order valence-electron chi connectivity index (χ0n) is 5.30. The molecular weight excluding hydrogens is 138 g/mol. The number of nitroso groups, excluding NO2 is 1. The fraction of sp³-hybridized carbons (Fsp3) is 1.00. The van der Waals surface area contributed by atoms with Crippen LogP contribution in [0, 0.1) is 4.91 Å². The van der Waals surface area contributed by atoms with Crippen LogP contribution >= 0.6 is 0 Å². The molecule has 2 N–H and O–H groups in total. The average molecular weight is 147 g/mol. The van der Waals surface area contributed by atoms with Crippen LogP contribution in [0.25, 0.3) is 0 Å². The molecule has 0 aromatic rings. The van der Waals surface area contributed by atoms with Gasteiger partial charge in [0.15, 0.2) is 6.29 Å². The minimum atomic E-state index is -0.953. The number of nitrogens with zero attached hydrogens (tertiary/aromatic N) is 1. The SMILES string of the molecule is O=NC1CC(O)OCC1O. The van der Waals surface area contributed by atoms with Gasteiger partial charge in [-0.25, -0.2) is 0 Å². The van der Waals surface area contributed by atoms with Gasteiger partial charge in [-0.3, -0.25) is 0 Å². The van der Waals surface area contributed by atoms with Gasteiger partial charge < -0.3 is 14.9 Å². The molecule has 5 nitrogen and oxygen atoms in total. The van der Waals surface area contributed by atoms with E-state index in [9.17, 15) is 4.91 Å². The molecule has 3 atom stereocenters. The lowest BCUT2D eigenvalue weighted by atomic mass is 10.1. The third kappa shape index (κ3) is 1.50. The minimum Gasteiger partial charge on any atom is -0.388 e. The van der Waals surface area contributed by atoms with E-state index in [2.05, 4.69) is 9.91 Å². The van der Waals surface area contributed by atoms with E-state index in [-0.39, 0.29) is 13.0 Å². The number of aliphatic hydroxyl groups is 2. The Morgan fingerprint density at radius 1 is 1.50 bits per heavy atom. The largest absolute Gasteiger partial charge is 0.388 e. The zero-order chi connectivity index (χ0) is 7.56. The van der Waals surface area contributed by atoms with Gasteiger partial charge in [-0.05, 0) is 0 Å². The van der Waals surface area contributed by atoms with E-state index in [0.29, 0.717) is 0 Å². The molecule has 0 bridgehead atoms. The van der Waals surface area contributed by atoms with E-state index in [4.69, 9.17) is 10.2 Å². The lowest BCUT2D eigenvalue weighted by Crippen LogP contribution is -2.39. The summed E-state index contributed by atoms with van der Waals surface area (Å²) in [6.07, 6.45) is -1.72. The maximum Gasteiger partial charge on any atom is 0.156 e. The first kappa shape index (κ1) is 7.59. The van der Waals surface area contributed by atoms with E-state index in [1.807, 2.05) is 0 Å². The molecule has 0 amide bonds. The molecule has 1 aliphatic rings. The van der Waals surface area contributed by atoms with Crippen molar-refractivity contribution in [2.24, 2.45) is 5.18 Å². The van der Waals surface area contributed by atoms with Crippen LogP contribution in [0.4, 0.5) is 0 Å². The van der Waals surface area contributed by atoms with Crippen LogP contribution in [-0.2, 0) is 4.74 Å². The highest BCUT2D eigenvalue weighted by molar-refractivity contribution is 4.79. The Hall–Kier alpha value is -0.520. The molecule has 0 spiro atoms. The van der Waals surface area contributed by atoms with Crippen LogP contribution in [0.3, 0.4) is 0 Å². The van der Waals surface area contributed by atoms with Crippen molar-refractivity contribution >= 4 is 0 Å². The highest BCUT2D eigenvalue weighted by Gasteiger charge is 2.29. The van der Waals surface area contributed by atoms with Crippen LogP contribution in [0.5, 0.6) is 0 Å². The predicted octanol–water partition coefficient (Wildman–Crippen LogP) is -0.779. The van der Waals surface area contributed by atoms with Gasteiger partial charge in [0, 0.05) is 6.42 Å². The Labute approximate surface area is 57.6 Å². The fourth-order valence-electron chi connectivity index (χ4n) is 0.866. The molecule has 0 saturated carbocycles. The quantitative estimate of drug-likeness (QED) is 0.477. The normalized spacial score (nSPS) is 41.2. The first-order valence-corrected chi connectivity index (χ1v) is 3.04. The van der Waals surface area contributed by atoms with Crippen molar-refractivity contribution in [1.29, 1.82) is 0 Å². The Balaban J connectivity index is 2.45. The summed E-state index contributed by atoms with van der Waals surface area (Å²) in [7, 11) is 0. The number of ether oxygens (including phenoxy) is 1. The van der Waals surface area contributed by atoms with Crippen molar-refractivity contribution in [3.63, 3.8) is 0 Å². The molecule has 0 aromatic heterocycles. The van der Waals surface area contributed by atoms with Crippen molar-refractivity contribution in [2.45, 2.75) is 24.9 Å². The van der Waals surface area contributed by atoms with Gasteiger partial charge in [0.2, 0.25) is 0 Å². The molecule has 1 fully saturated rings. The number of aliphatic hydroxyl groups excluding tert-OH is 2. The van der Waals surface area contributed by atoms with Crippen molar-refractivity contribution in [3.05, 3.63) is 4.91 Å². The Morgan fingerprint density at radius 2 is 2.20 bits per heavy atom. The summed E-state index contributed by atoms with van der Waals surface area (Å²) in [4.78, 5) is 9.94. The maximum absolute atomic E-state index is 9.94. The summed E-state index contributed by atoms with van der Waals surface area (Å²) >= 11 is 0. The lowest BCUT2D eigenvalue weighted by molar-refractivity contribution is -0.162. The summed E-state index contributed by atoms with van der Waals surface area (Å²) in [5, 5.41) is 20.4. The van der Waals surface area contributed by atoms with Gasteiger partial charge in [0.05, 0.1) is 6.61 Å². The van der Waals surface area contributed by atoms with Crippen molar-refractivity contribution in [1.82, 2.24) is 0 Å². The second kappa shape index (κ2) is 3.05. The lowest BCUT2D eigenvalue weighted by Gasteiger charge is -2.25. The average Bonchev–Trinajstić information content (AvgIpc) is 1.94. The van der Waals surface area contributed by atoms with Crippen LogP contribution in [-0.4, -0.2) is 35.3 Å². The molecular formula is C5H9NO4. The summed E-state index contributed by atoms with van der Waals surface area (Å²) in [6, 6.07) is -0.719. The van der Waals surface area contributed by atoms with Gasteiger partial charge in [-0.15, -0.1) is 0 Å². The van der Waals surface area contributed by atoms with Crippen LogP contribution in [0.15, 0.2) is 5.18 Å². The number of rotatable bonds is 1. The van der Waals surface area contributed by atoms with Crippen molar-refractivity contribution in [3.8, 4) is 0 Å². The van der Waals surface area contributed by atoms with Crippen LogP contribution in [0.1, 0.15) is 6.42 Å². The molecule has 0 aliphatic carbocycles. The highest BCUT2D eigenvalue weighted by atomic mass is 16.6. The van der Waals surface area contributed by atoms with Crippen LogP contribution < -0.4 is 0 Å². The molecule has 58 valence electrons. The third-order valence-corrected chi connectivity index (χ3v) is 1.48. The van der Waals surface area contributed by atoms with Gasteiger partial charge in [-0.2, -0.15) is 4.91 Å².